The van der Waals surface area contributed by atoms with Crippen molar-refractivity contribution >= 4 is 6.29 Å². The van der Waals surface area contributed by atoms with E-state index in [1.165, 1.54) is 32.0 Å². The molecule has 0 amide bonds. The highest BCUT2D eigenvalue weighted by atomic mass is 16.1. The predicted octanol–water partition coefficient (Wildman–Crippen LogP) is 2.71. The van der Waals surface area contributed by atoms with Crippen molar-refractivity contribution in [2.45, 2.75) is 38.5 Å². The van der Waals surface area contributed by atoms with Crippen LogP contribution in [-0.4, -0.2) is 6.29 Å². The summed E-state index contributed by atoms with van der Waals surface area (Å²) in [6, 6.07) is 0. The lowest BCUT2D eigenvalue weighted by Gasteiger charge is -2.43. The van der Waals surface area contributed by atoms with Gasteiger partial charge in [-0.05, 0) is 38.0 Å². The molecule has 0 bridgehead atoms. The van der Waals surface area contributed by atoms with Crippen LogP contribution < -0.4 is 0 Å². The second-order valence-corrected chi connectivity index (χ2v) is 4.17. The minimum absolute atomic E-state index is 0.0664. The first kappa shape index (κ1) is 8.03. The number of hydrogen-bond acceptors (Lipinski definition) is 1. The van der Waals surface area contributed by atoms with Gasteiger partial charge in [0.2, 0.25) is 0 Å². The molecule has 12 heavy (non-hydrogen) atoms. The molecular formula is C11H16O. The third kappa shape index (κ3) is 1.12. The Morgan fingerprint density at radius 3 is 2.58 bits per heavy atom. The Hall–Kier alpha value is -0.590. The average molecular weight is 164 g/mol. The Morgan fingerprint density at radius 2 is 2.17 bits per heavy atom. The molecule has 1 nitrogen and oxygen atoms in total. The van der Waals surface area contributed by atoms with Gasteiger partial charge in [0.25, 0.3) is 0 Å². The van der Waals surface area contributed by atoms with E-state index in [0.29, 0.717) is 5.92 Å². The molecule has 1 atom stereocenters. The summed E-state index contributed by atoms with van der Waals surface area (Å²) < 4.78 is 0. The number of aldehydes is 1. The third-order valence-corrected chi connectivity index (χ3v) is 3.51. The molecule has 0 spiro atoms. The molecule has 1 heteroatoms. The summed E-state index contributed by atoms with van der Waals surface area (Å²) in [7, 11) is 0. The summed E-state index contributed by atoms with van der Waals surface area (Å²) in [5.74, 6) is 0.567. The van der Waals surface area contributed by atoms with Crippen LogP contribution in [0.2, 0.25) is 0 Å². The van der Waals surface area contributed by atoms with E-state index in [0.717, 1.165) is 12.8 Å². The van der Waals surface area contributed by atoms with Gasteiger partial charge in [-0.15, -0.1) is 0 Å². The molecule has 0 radical (unpaired) electrons. The van der Waals surface area contributed by atoms with E-state index in [2.05, 4.69) is 12.2 Å². The maximum Gasteiger partial charge on any atom is 0.126 e. The van der Waals surface area contributed by atoms with Gasteiger partial charge in [-0.3, -0.25) is 0 Å². The van der Waals surface area contributed by atoms with E-state index in [1.54, 1.807) is 0 Å². The normalized spacial score (nSPS) is 32.5. The van der Waals surface area contributed by atoms with E-state index in [-0.39, 0.29) is 5.41 Å². The van der Waals surface area contributed by atoms with Crippen molar-refractivity contribution in [1.29, 1.82) is 0 Å². The summed E-state index contributed by atoms with van der Waals surface area (Å²) in [4.78, 5) is 11.0. The highest BCUT2D eigenvalue weighted by Gasteiger charge is 2.42. The van der Waals surface area contributed by atoms with Gasteiger partial charge in [0.1, 0.15) is 6.29 Å². The van der Waals surface area contributed by atoms with Crippen LogP contribution in [-0.2, 0) is 4.79 Å². The van der Waals surface area contributed by atoms with Crippen LogP contribution in [0, 0.1) is 11.3 Å². The van der Waals surface area contributed by atoms with Crippen LogP contribution in [0.1, 0.15) is 38.5 Å². The molecule has 2 rings (SSSR count). The molecule has 1 unspecified atom stereocenters. The zero-order valence-electron chi connectivity index (χ0n) is 7.46. The van der Waals surface area contributed by atoms with E-state index in [4.69, 9.17) is 0 Å². The van der Waals surface area contributed by atoms with Crippen LogP contribution in [0.3, 0.4) is 0 Å². The molecule has 0 aromatic rings. The van der Waals surface area contributed by atoms with E-state index >= 15 is 0 Å². The summed E-state index contributed by atoms with van der Waals surface area (Å²) in [5.41, 5.74) is 0.0664. The van der Waals surface area contributed by atoms with Gasteiger partial charge in [0, 0.05) is 5.41 Å². The standard InChI is InChI=1S/C11H16O/c12-9-11(7-4-8-11)10-5-2-1-3-6-10/h2,5,9-10H,1,3-4,6-8H2. The lowest BCUT2D eigenvalue weighted by atomic mass is 9.60. The molecular weight excluding hydrogens is 148 g/mol. The summed E-state index contributed by atoms with van der Waals surface area (Å²) in [5, 5.41) is 0. The van der Waals surface area contributed by atoms with Crippen LogP contribution >= 0.6 is 0 Å². The maximum atomic E-state index is 11.0. The highest BCUT2D eigenvalue weighted by Crippen LogP contribution is 2.48. The molecule has 0 N–H and O–H groups in total. The Bertz CT molecular complexity index is 201. The molecule has 1 saturated carbocycles. The van der Waals surface area contributed by atoms with Gasteiger partial charge in [-0.2, -0.15) is 0 Å². The topological polar surface area (TPSA) is 17.1 Å². The molecule has 66 valence electrons. The third-order valence-electron chi connectivity index (χ3n) is 3.51. The Labute approximate surface area is 73.8 Å². The SMILES string of the molecule is O=CC1(C2C=CCCC2)CCC1. The maximum absolute atomic E-state index is 11.0. The van der Waals surface area contributed by atoms with Gasteiger partial charge < -0.3 is 4.79 Å². The first-order valence-corrected chi connectivity index (χ1v) is 5.00. The fourth-order valence-corrected chi connectivity index (χ4v) is 2.45. The first-order chi connectivity index (χ1) is 5.87. The fourth-order valence-electron chi connectivity index (χ4n) is 2.45. The Kier molecular flexibility index (Phi) is 2.03. The van der Waals surface area contributed by atoms with Crippen molar-refractivity contribution in [2.24, 2.45) is 11.3 Å². The van der Waals surface area contributed by atoms with Gasteiger partial charge >= 0.3 is 0 Å². The van der Waals surface area contributed by atoms with Crippen LogP contribution in [0.5, 0.6) is 0 Å². The van der Waals surface area contributed by atoms with Crippen molar-refractivity contribution in [2.75, 3.05) is 0 Å². The first-order valence-electron chi connectivity index (χ1n) is 5.00. The van der Waals surface area contributed by atoms with Crippen molar-refractivity contribution in [3.63, 3.8) is 0 Å². The number of rotatable bonds is 2. The molecule has 0 heterocycles. The largest absolute Gasteiger partial charge is 0.303 e. The fraction of sp³-hybridized carbons (Fsp3) is 0.727. The second kappa shape index (κ2) is 3.04. The number of carbonyl (C=O) groups excluding carboxylic acids is 1. The highest BCUT2D eigenvalue weighted by molar-refractivity contribution is 5.62. The number of allylic oxidation sites excluding steroid dienone is 2. The molecule has 0 aromatic carbocycles. The molecule has 2 aliphatic rings. The minimum Gasteiger partial charge on any atom is -0.303 e. The van der Waals surface area contributed by atoms with Crippen molar-refractivity contribution in [1.82, 2.24) is 0 Å². The summed E-state index contributed by atoms with van der Waals surface area (Å²) >= 11 is 0. The lowest BCUT2D eigenvalue weighted by molar-refractivity contribution is -0.123. The van der Waals surface area contributed by atoms with E-state index in [9.17, 15) is 4.79 Å². The number of carbonyl (C=O) groups is 1. The zero-order chi connectivity index (χ0) is 8.44. The lowest BCUT2D eigenvalue weighted by Crippen LogP contribution is -2.38. The second-order valence-electron chi connectivity index (χ2n) is 4.17. The quantitative estimate of drug-likeness (QED) is 0.453. The average Bonchev–Trinajstić information content (AvgIpc) is 2.05. The van der Waals surface area contributed by atoms with Gasteiger partial charge in [-0.25, -0.2) is 0 Å². The van der Waals surface area contributed by atoms with Crippen LogP contribution in [0.4, 0.5) is 0 Å². The smallest absolute Gasteiger partial charge is 0.126 e. The summed E-state index contributed by atoms with van der Waals surface area (Å²) in [6.07, 6.45) is 13.0. The predicted molar refractivity (Wildman–Crippen MR) is 48.8 cm³/mol. The molecule has 2 aliphatic carbocycles. The van der Waals surface area contributed by atoms with Gasteiger partial charge in [0.05, 0.1) is 0 Å². The van der Waals surface area contributed by atoms with E-state index in [1.807, 2.05) is 0 Å². The Balaban J connectivity index is 2.09. The molecule has 0 aromatic heterocycles. The molecule has 0 saturated heterocycles. The van der Waals surface area contributed by atoms with Crippen molar-refractivity contribution in [3.05, 3.63) is 12.2 Å². The van der Waals surface area contributed by atoms with Crippen LogP contribution in [0.15, 0.2) is 12.2 Å². The monoisotopic (exact) mass is 164 g/mol. The van der Waals surface area contributed by atoms with Crippen LogP contribution in [0.25, 0.3) is 0 Å². The van der Waals surface area contributed by atoms with Gasteiger partial charge in [0.15, 0.2) is 0 Å². The Morgan fingerprint density at radius 1 is 1.33 bits per heavy atom. The van der Waals surface area contributed by atoms with Crippen molar-refractivity contribution < 1.29 is 4.79 Å². The minimum atomic E-state index is 0.0664. The van der Waals surface area contributed by atoms with Crippen molar-refractivity contribution in [3.8, 4) is 0 Å². The zero-order valence-corrected chi connectivity index (χ0v) is 7.46. The van der Waals surface area contributed by atoms with Gasteiger partial charge in [-0.1, -0.05) is 18.6 Å². The molecule has 0 aliphatic heterocycles. The van der Waals surface area contributed by atoms with E-state index < -0.39 is 0 Å². The summed E-state index contributed by atoms with van der Waals surface area (Å²) in [6.45, 7) is 0. The molecule has 1 fully saturated rings. The number of hydrogen-bond donors (Lipinski definition) is 0.